The molecule has 0 radical (unpaired) electrons. The summed E-state index contributed by atoms with van der Waals surface area (Å²) < 4.78 is 13.6. The Morgan fingerprint density at radius 1 is 1.55 bits per heavy atom. The Morgan fingerprint density at radius 3 is 2.90 bits per heavy atom. The Morgan fingerprint density at radius 2 is 2.30 bits per heavy atom. The van der Waals surface area contributed by atoms with Crippen LogP contribution in [0.15, 0.2) is 23.7 Å². The normalized spacial score (nSPS) is 10.4. The van der Waals surface area contributed by atoms with Crippen molar-refractivity contribution >= 4 is 22.9 Å². The van der Waals surface area contributed by atoms with Gasteiger partial charge in [0, 0.05) is 11.9 Å². The molecule has 0 saturated heterocycles. The van der Waals surface area contributed by atoms with Gasteiger partial charge in [0.05, 0.1) is 29.0 Å². The van der Waals surface area contributed by atoms with E-state index in [1.165, 1.54) is 34.4 Å². The standard InChI is InChI=1S/C13H15FN4OS/c1-8-11(20-7-16-8)6-18(2)13(19)9-4-3-5-10(14)12(9)17-15/h3-5,7,17H,6,15H2,1-2H3. The second kappa shape index (κ2) is 5.98. The molecule has 0 aliphatic rings. The third kappa shape index (κ3) is 2.78. The van der Waals surface area contributed by atoms with Crippen LogP contribution in [0.1, 0.15) is 20.9 Å². The molecule has 0 aliphatic carbocycles. The number of hydrazine groups is 1. The Bertz CT molecular complexity index is 629. The zero-order chi connectivity index (χ0) is 14.7. The number of amides is 1. The Kier molecular flexibility index (Phi) is 4.31. The highest BCUT2D eigenvalue weighted by atomic mass is 32.1. The van der Waals surface area contributed by atoms with Crippen molar-refractivity contribution in [2.24, 2.45) is 5.84 Å². The van der Waals surface area contributed by atoms with Gasteiger partial charge in [-0.25, -0.2) is 9.37 Å². The quantitative estimate of drug-likeness (QED) is 0.669. The van der Waals surface area contributed by atoms with E-state index in [1.807, 2.05) is 6.92 Å². The lowest BCUT2D eigenvalue weighted by Crippen LogP contribution is -2.28. The molecule has 2 rings (SSSR count). The Labute approximate surface area is 120 Å². The number of hydrogen-bond donors (Lipinski definition) is 2. The third-order valence-corrected chi connectivity index (χ3v) is 3.88. The smallest absolute Gasteiger partial charge is 0.256 e. The first-order valence-electron chi connectivity index (χ1n) is 5.94. The second-order valence-electron chi connectivity index (χ2n) is 4.33. The van der Waals surface area contributed by atoms with Crippen LogP contribution in [0, 0.1) is 12.7 Å². The van der Waals surface area contributed by atoms with Crippen LogP contribution in [0.2, 0.25) is 0 Å². The topological polar surface area (TPSA) is 71.2 Å². The molecular formula is C13H15FN4OS. The molecule has 20 heavy (non-hydrogen) atoms. The van der Waals surface area contributed by atoms with Crippen molar-refractivity contribution in [1.29, 1.82) is 0 Å². The van der Waals surface area contributed by atoms with Gasteiger partial charge in [-0.05, 0) is 19.1 Å². The van der Waals surface area contributed by atoms with Crippen molar-refractivity contribution in [1.82, 2.24) is 9.88 Å². The van der Waals surface area contributed by atoms with Crippen molar-refractivity contribution in [3.63, 3.8) is 0 Å². The largest absolute Gasteiger partial charge is 0.336 e. The highest BCUT2D eigenvalue weighted by Crippen LogP contribution is 2.22. The van der Waals surface area contributed by atoms with E-state index in [0.717, 1.165) is 10.6 Å². The predicted octanol–water partition coefficient (Wildman–Crippen LogP) is 2.15. The van der Waals surface area contributed by atoms with Crippen molar-refractivity contribution in [2.45, 2.75) is 13.5 Å². The number of nitrogen functional groups attached to an aromatic ring is 1. The molecule has 5 nitrogen and oxygen atoms in total. The van der Waals surface area contributed by atoms with Gasteiger partial charge in [0.1, 0.15) is 5.82 Å². The molecule has 0 saturated carbocycles. The summed E-state index contributed by atoms with van der Waals surface area (Å²) in [4.78, 5) is 19.0. The molecule has 0 atom stereocenters. The van der Waals surface area contributed by atoms with Gasteiger partial charge in [-0.1, -0.05) is 6.07 Å². The zero-order valence-electron chi connectivity index (χ0n) is 11.2. The lowest BCUT2D eigenvalue weighted by molar-refractivity contribution is 0.0786. The van der Waals surface area contributed by atoms with Crippen molar-refractivity contribution in [3.8, 4) is 0 Å². The highest BCUT2D eigenvalue weighted by Gasteiger charge is 2.19. The van der Waals surface area contributed by atoms with Crippen molar-refractivity contribution in [3.05, 3.63) is 45.7 Å². The number of halogens is 1. The van der Waals surface area contributed by atoms with E-state index < -0.39 is 5.82 Å². The number of nitrogens with two attached hydrogens (primary N) is 1. The van der Waals surface area contributed by atoms with Crippen LogP contribution in [0.3, 0.4) is 0 Å². The summed E-state index contributed by atoms with van der Waals surface area (Å²) in [6.07, 6.45) is 0. The summed E-state index contributed by atoms with van der Waals surface area (Å²) in [5.41, 5.74) is 5.08. The molecule has 0 unspecified atom stereocenters. The van der Waals surface area contributed by atoms with Gasteiger partial charge in [0.25, 0.3) is 5.91 Å². The average Bonchev–Trinajstić information content (AvgIpc) is 2.83. The first-order valence-corrected chi connectivity index (χ1v) is 6.82. The van der Waals surface area contributed by atoms with Crippen molar-refractivity contribution < 1.29 is 9.18 Å². The fraction of sp³-hybridized carbons (Fsp3) is 0.231. The van der Waals surface area contributed by atoms with Crippen LogP contribution in [-0.2, 0) is 6.54 Å². The van der Waals surface area contributed by atoms with Gasteiger partial charge >= 0.3 is 0 Å². The van der Waals surface area contributed by atoms with Crippen LogP contribution in [0.25, 0.3) is 0 Å². The number of aryl methyl sites for hydroxylation is 1. The van der Waals surface area contributed by atoms with Gasteiger partial charge in [0.2, 0.25) is 0 Å². The minimum atomic E-state index is -0.555. The minimum Gasteiger partial charge on any atom is -0.336 e. The number of carbonyl (C=O) groups excluding carboxylic acids is 1. The van der Waals surface area contributed by atoms with E-state index >= 15 is 0 Å². The van der Waals surface area contributed by atoms with Gasteiger partial charge in [-0.3, -0.25) is 10.6 Å². The van der Waals surface area contributed by atoms with Gasteiger partial charge in [-0.15, -0.1) is 11.3 Å². The Balaban J connectivity index is 2.23. The number of nitrogens with one attached hydrogen (secondary N) is 1. The molecule has 2 aromatic rings. The first kappa shape index (κ1) is 14.4. The number of benzene rings is 1. The van der Waals surface area contributed by atoms with Crippen LogP contribution in [0.4, 0.5) is 10.1 Å². The minimum absolute atomic E-state index is 0.00498. The van der Waals surface area contributed by atoms with E-state index in [2.05, 4.69) is 10.4 Å². The maximum absolute atomic E-state index is 13.6. The number of aromatic nitrogens is 1. The van der Waals surface area contributed by atoms with Crippen LogP contribution in [-0.4, -0.2) is 22.8 Å². The SMILES string of the molecule is Cc1ncsc1CN(C)C(=O)c1cccc(F)c1NN. The molecule has 106 valence electrons. The Hall–Kier alpha value is -1.99. The average molecular weight is 294 g/mol. The van der Waals surface area contributed by atoms with E-state index in [4.69, 9.17) is 5.84 Å². The molecular weight excluding hydrogens is 279 g/mol. The predicted molar refractivity (Wildman–Crippen MR) is 76.9 cm³/mol. The maximum atomic E-state index is 13.6. The lowest BCUT2D eigenvalue weighted by atomic mass is 10.1. The van der Waals surface area contributed by atoms with Crippen LogP contribution < -0.4 is 11.3 Å². The summed E-state index contributed by atoms with van der Waals surface area (Å²) >= 11 is 1.48. The van der Waals surface area contributed by atoms with Gasteiger partial charge in [0.15, 0.2) is 0 Å². The molecule has 0 fully saturated rings. The van der Waals surface area contributed by atoms with Crippen LogP contribution in [0.5, 0.6) is 0 Å². The number of thiazole rings is 1. The number of hydrogen-bond acceptors (Lipinski definition) is 5. The monoisotopic (exact) mass is 294 g/mol. The van der Waals surface area contributed by atoms with Gasteiger partial charge in [-0.2, -0.15) is 0 Å². The van der Waals surface area contributed by atoms with E-state index in [1.54, 1.807) is 12.6 Å². The third-order valence-electron chi connectivity index (χ3n) is 2.96. The summed E-state index contributed by atoms with van der Waals surface area (Å²) in [7, 11) is 1.66. The fourth-order valence-electron chi connectivity index (χ4n) is 1.82. The molecule has 0 spiro atoms. The second-order valence-corrected chi connectivity index (χ2v) is 5.27. The van der Waals surface area contributed by atoms with E-state index in [-0.39, 0.29) is 17.2 Å². The molecule has 1 aromatic carbocycles. The first-order chi connectivity index (χ1) is 9.54. The molecule has 0 aliphatic heterocycles. The maximum Gasteiger partial charge on any atom is 0.256 e. The highest BCUT2D eigenvalue weighted by molar-refractivity contribution is 7.09. The van der Waals surface area contributed by atoms with Crippen molar-refractivity contribution in [2.75, 3.05) is 12.5 Å². The van der Waals surface area contributed by atoms with E-state index in [9.17, 15) is 9.18 Å². The summed E-state index contributed by atoms with van der Waals surface area (Å²) in [5.74, 6) is 4.43. The molecule has 1 aromatic heterocycles. The van der Waals surface area contributed by atoms with Gasteiger partial charge < -0.3 is 10.3 Å². The molecule has 7 heteroatoms. The molecule has 1 heterocycles. The fourth-order valence-corrected chi connectivity index (χ4v) is 2.65. The number of para-hydroxylation sites is 1. The van der Waals surface area contributed by atoms with E-state index in [0.29, 0.717) is 6.54 Å². The van der Waals surface area contributed by atoms with Crippen LogP contribution >= 0.6 is 11.3 Å². The summed E-state index contributed by atoms with van der Waals surface area (Å²) in [6.45, 7) is 2.31. The number of rotatable bonds is 4. The molecule has 3 N–H and O–H groups in total. The molecule has 0 bridgehead atoms. The number of carbonyl (C=O) groups is 1. The summed E-state index contributed by atoms with van der Waals surface area (Å²) in [6, 6.07) is 4.27. The summed E-state index contributed by atoms with van der Waals surface area (Å²) in [5, 5.41) is 0. The zero-order valence-corrected chi connectivity index (χ0v) is 12.0. The number of anilines is 1. The molecule has 1 amide bonds. The number of nitrogens with zero attached hydrogens (tertiary/aromatic N) is 2. The lowest BCUT2D eigenvalue weighted by Gasteiger charge is -2.18.